The molecule has 1 heterocycles. The Bertz CT molecular complexity index is 857. The van der Waals surface area contributed by atoms with Gasteiger partial charge >= 0.3 is 18.4 Å². The molecule has 14 heteroatoms. The highest BCUT2D eigenvalue weighted by Gasteiger charge is 2.30. The first-order chi connectivity index (χ1) is 14.4. The highest BCUT2D eigenvalue weighted by Crippen LogP contribution is 2.24. The van der Waals surface area contributed by atoms with Crippen LogP contribution in [0.1, 0.15) is 6.92 Å². The van der Waals surface area contributed by atoms with Crippen molar-refractivity contribution >= 4 is 33.6 Å². The standard InChI is InChI=1S/C17H15BrF6N4O3/c1-2-28(11-5-3-10(18)4-6-11)15(29)27-14-25-12(30-8-16(19,20)21)7-13(26-14)31-9-17(22,23)24/h3-7H,2,8-9H2,1H3,(H,25,26,27,29). The van der Waals surface area contributed by atoms with E-state index in [0.717, 1.165) is 4.47 Å². The number of carbonyl (C=O) groups is 1. The molecule has 0 radical (unpaired) electrons. The van der Waals surface area contributed by atoms with Crippen molar-refractivity contribution in [2.24, 2.45) is 0 Å². The number of nitrogens with zero attached hydrogens (tertiary/aromatic N) is 3. The summed E-state index contributed by atoms with van der Waals surface area (Å²) in [6.45, 7) is -1.66. The molecule has 0 saturated carbocycles. The molecule has 2 aromatic rings. The minimum Gasteiger partial charge on any atom is -0.468 e. The van der Waals surface area contributed by atoms with Crippen LogP contribution in [0.3, 0.4) is 0 Å². The van der Waals surface area contributed by atoms with E-state index in [1.165, 1.54) is 4.90 Å². The molecule has 0 aliphatic rings. The number of halogens is 7. The van der Waals surface area contributed by atoms with E-state index in [1.54, 1.807) is 31.2 Å². The minimum absolute atomic E-state index is 0.190. The van der Waals surface area contributed by atoms with Crippen LogP contribution in [0.4, 0.5) is 42.8 Å². The second kappa shape index (κ2) is 10.0. The highest BCUT2D eigenvalue weighted by molar-refractivity contribution is 9.10. The summed E-state index contributed by atoms with van der Waals surface area (Å²) < 4.78 is 84.0. The molecule has 0 spiro atoms. The number of hydrogen-bond acceptors (Lipinski definition) is 5. The lowest BCUT2D eigenvalue weighted by atomic mass is 10.3. The fourth-order valence-electron chi connectivity index (χ4n) is 2.15. The van der Waals surface area contributed by atoms with E-state index >= 15 is 0 Å². The van der Waals surface area contributed by atoms with Crippen LogP contribution < -0.4 is 19.7 Å². The van der Waals surface area contributed by atoms with E-state index in [0.29, 0.717) is 11.8 Å². The molecule has 1 aromatic carbocycles. The maximum atomic E-state index is 12.6. The Morgan fingerprint density at radius 3 is 1.90 bits per heavy atom. The number of rotatable bonds is 7. The van der Waals surface area contributed by atoms with Crippen molar-refractivity contribution in [2.45, 2.75) is 19.3 Å². The number of benzene rings is 1. The maximum absolute atomic E-state index is 12.6. The summed E-state index contributed by atoms with van der Waals surface area (Å²) in [4.78, 5) is 21.0. The Balaban J connectivity index is 2.24. The van der Waals surface area contributed by atoms with Crippen molar-refractivity contribution in [1.82, 2.24) is 9.97 Å². The molecule has 31 heavy (non-hydrogen) atoms. The zero-order valence-electron chi connectivity index (χ0n) is 15.7. The molecular formula is C17H15BrF6N4O3. The van der Waals surface area contributed by atoms with Crippen molar-refractivity contribution in [2.75, 3.05) is 30.0 Å². The summed E-state index contributed by atoms with van der Waals surface area (Å²) in [6, 6.07) is 6.47. The van der Waals surface area contributed by atoms with Crippen LogP contribution in [-0.2, 0) is 0 Å². The smallest absolute Gasteiger partial charge is 0.422 e. The van der Waals surface area contributed by atoms with Gasteiger partial charge in [-0.25, -0.2) is 4.79 Å². The van der Waals surface area contributed by atoms with Crippen LogP contribution >= 0.6 is 15.9 Å². The predicted octanol–water partition coefficient (Wildman–Crippen LogP) is 5.18. The lowest BCUT2D eigenvalue weighted by Gasteiger charge is -2.21. The molecule has 0 atom stereocenters. The summed E-state index contributed by atoms with van der Waals surface area (Å²) in [7, 11) is 0. The van der Waals surface area contributed by atoms with Gasteiger partial charge in [0, 0.05) is 16.7 Å². The zero-order valence-corrected chi connectivity index (χ0v) is 17.3. The van der Waals surface area contributed by atoms with Gasteiger partial charge in [0.25, 0.3) is 0 Å². The largest absolute Gasteiger partial charge is 0.468 e. The van der Waals surface area contributed by atoms with Gasteiger partial charge in [-0.15, -0.1) is 0 Å². The van der Waals surface area contributed by atoms with Gasteiger partial charge in [0.2, 0.25) is 17.7 Å². The number of ether oxygens (including phenoxy) is 2. The average Bonchev–Trinajstić information content (AvgIpc) is 2.66. The number of urea groups is 1. The van der Waals surface area contributed by atoms with Gasteiger partial charge < -0.3 is 9.47 Å². The number of nitrogens with one attached hydrogen (secondary N) is 1. The summed E-state index contributed by atoms with van der Waals surface area (Å²) in [5.74, 6) is -2.06. The average molecular weight is 517 g/mol. The Hall–Kier alpha value is -2.77. The lowest BCUT2D eigenvalue weighted by molar-refractivity contribution is -0.154. The molecule has 170 valence electrons. The fraction of sp³-hybridized carbons (Fsp3) is 0.353. The minimum atomic E-state index is -4.72. The third-order valence-electron chi connectivity index (χ3n) is 3.36. The molecular weight excluding hydrogens is 502 g/mol. The summed E-state index contributed by atoms with van der Waals surface area (Å²) in [5, 5.41) is 2.21. The second-order valence-electron chi connectivity index (χ2n) is 5.83. The molecule has 0 aliphatic carbocycles. The number of hydrogen-bond donors (Lipinski definition) is 1. The SMILES string of the molecule is CCN(C(=O)Nc1nc(OCC(F)(F)F)cc(OCC(F)(F)F)n1)c1ccc(Br)cc1. The number of alkyl halides is 6. The van der Waals surface area contributed by atoms with Gasteiger partial charge in [0.05, 0.1) is 6.07 Å². The van der Waals surface area contributed by atoms with Gasteiger partial charge in [-0.3, -0.25) is 10.2 Å². The van der Waals surface area contributed by atoms with Crippen LogP contribution in [0.15, 0.2) is 34.8 Å². The molecule has 0 saturated heterocycles. The summed E-state index contributed by atoms with van der Waals surface area (Å²) in [5.41, 5.74) is 0.473. The van der Waals surface area contributed by atoms with E-state index in [2.05, 4.69) is 40.7 Å². The Kier molecular flexibility index (Phi) is 7.92. The quantitative estimate of drug-likeness (QED) is 0.513. The monoisotopic (exact) mass is 516 g/mol. The molecule has 0 aliphatic heterocycles. The lowest BCUT2D eigenvalue weighted by Crippen LogP contribution is -2.35. The normalized spacial score (nSPS) is 11.7. The molecule has 0 bridgehead atoms. The molecule has 2 rings (SSSR count). The van der Waals surface area contributed by atoms with E-state index in [1.807, 2.05) is 0 Å². The van der Waals surface area contributed by atoms with Gasteiger partial charge in [-0.1, -0.05) is 15.9 Å². The second-order valence-corrected chi connectivity index (χ2v) is 6.74. The molecule has 2 amide bonds. The van der Waals surface area contributed by atoms with Crippen LogP contribution in [0.25, 0.3) is 0 Å². The van der Waals surface area contributed by atoms with Crippen molar-refractivity contribution in [1.29, 1.82) is 0 Å². The summed E-state index contributed by atoms with van der Waals surface area (Å²) >= 11 is 3.25. The van der Waals surface area contributed by atoms with Crippen LogP contribution in [0.5, 0.6) is 11.8 Å². The highest BCUT2D eigenvalue weighted by atomic mass is 79.9. The Labute approximate surface area is 180 Å². The fourth-order valence-corrected chi connectivity index (χ4v) is 2.41. The van der Waals surface area contributed by atoms with Crippen molar-refractivity contribution < 1.29 is 40.6 Å². The molecule has 0 fully saturated rings. The topological polar surface area (TPSA) is 76.6 Å². The van der Waals surface area contributed by atoms with Gasteiger partial charge in [-0.2, -0.15) is 36.3 Å². The van der Waals surface area contributed by atoms with E-state index in [9.17, 15) is 31.1 Å². The van der Waals surface area contributed by atoms with Gasteiger partial charge in [0.15, 0.2) is 13.2 Å². The first-order valence-corrected chi connectivity index (χ1v) is 9.28. The summed E-state index contributed by atoms with van der Waals surface area (Å²) in [6.07, 6.45) is -9.44. The first kappa shape index (κ1) is 24.5. The van der Waals surface area contributed by atoms with E-state index in [4.69, 9.17) is 0 Å². The molecule has 7 nitrogen and oxygen atoms in total. The number of anilines is 2. The van der Waals surface area contributed by atoms with E-state index < -0.39 is 49.3 Å². The van der Waals surface area contributed by atoms with Crippen LogP contribution in [0, 0.1) is 0 Å². The molecule has 1 N–H and O–H groups in total. The van der Waals surface area contributed by atoms with Crippen molar-refractivity contribution in [3.63, 3.8) is 0 Å². The Morgan fingerprint density at radius 1 is 1.00 bits per heavy atom. The third kappa shape index (κ3) is 8.47. The van der Waals surface area contributed by atoms with Crippen molar-refractivity contribution in [3.8, 4) is 11.8 Å². The Morgan fingerprint density at radius 2 is 1.48 bits per heavy atom. The van der Waals surface area contributed by atoms with Gasteiger partial charge in [-0.05, 0) is 31.2 Å². The maximum Gasteiger partial charge on any atom is 0.422 e. The van der Waals surface area contributed by atoms with Crippen LogP contribution in [0.2, 0.25) is 0 Å². The predicted molar refractivity (Wildman–Crippen MR) is 101 cm³/mol. The number of aromatic nitrogens is 2. The van der Waals surface area contributed by atoms with Crippen molar-refractivity contribution in [3.05, 3.63) is 34.8 Å². The molecule has 1 aromatic heterocycles. The van der Waals surface area contributed by atoms with Crippen LogP contribution in [-0.4, -0.2) is 48.1 Å². The van der Waals surface area contributed by atoms with Gasteiger partial charge in [0.1, 0.15) is 0 Å². The zero-order chi connectivity index (χ0) is 23.2. The van der Waals surface area contributed by atoms with E-state index in [-0.39, 0.29) is 6.54 Å². The number of carbonyl (C=O) groups excluding carboxylic acids is 1. The number of amides is 2. The molecule has 0 unspecified atom stereocenters. The first-order valence-electron chi connectivity index (χ1n) is 8.48. The third-order valence-corrected chi connectivity index (χ3v) is 3.89.